The first-order chi connectivity index (χ1) is 19.4. The van der Waals surface area contributed by atoms with Gasteiger partial charge < -0.3 is 4.74 Å². The minimum Gasteiger partial charge on any atom is -0.485 e. The average molecular weight is 499 g/mol. The van der Waals surface area contributed by atoms with E-state index in [9.17, 15) is 0 Å². The summed E-state index contributed by atoms with van der Waals surface area (Å²) in [5, 5.41) is 5.07. The molecule has 0 bridgehead atoms. The van der Waals surface area contributed by atoms with Gasteiger partial charge in [0, 0.05) is 11.5 Å². The van der Waals surface area contributed by atoms with Crippen LogP contribution in [0.3, 0.4) is 0 Å². The molecule has 2 atom stereocenters. The molecule has 0 radical (unpaired) electrons. The molecule has 0 fully saturated rings. The lowest BCUT2D eigenvalue weighted by molar-refractivity contribution is 0.269. The van der Waals surface area contributed by atoms with Crippen molar-refractivity contribution in [2.24, 2.45) is 0 Å². The summed E-state index contributed by atoms with van der Waals surface area (Å²) in [6.45, 7) is 0. The fourth-order valence-corrected chi connectivity index (χ4v) is 6.50. The maximum absolute atomic E-state index is 6.27. The Hall–Kier alpha value is -4.88. The molecule has 0 spiro atoms. The van der Waals surface area contributed by atoms with Crippen molar-refractivity contribution in [2.45, 2.75) is 12.0 Å². The summed E-state index contributed by atoms with van der Waals surface area (Å²) in [4.78, 5) is 0. The monoisotopic (exact) mass is 498 g/mol. The Bertz CT molecular complexity index is 1890. The van der Waals surface area contributed by atoms with Crippen LogP contribution in [0.2, 0.25) is 0 Å². The largest absolute Gasteiger partial charge is 0.485 e. The molecule has 0 amide bonds. The van der Waals surface area contributed by atoms with Gasteiger partial charge in [0.25, 0.3) is 0 Å². The minimum atomic E-state index is 0.0885. The summed E-state index contributed by atoms with van der Waals surface area (Å²) in [5.41, 5.74) is 8.80. The van der Waals surface area contributed by atoms with Gasteiger partial charge >= 0.3 is 0 Å². The van der Waals surface area contributed by atoms with Crippen molar-refractivity contribution in [3.63, 3.8) is 0 Å². The van der Waals surface area contributed by atoms with E-state index in [-0.39, 0.29) is 12.0 Å². The van der Waals surface area contributed by atoms with E-state index in [0.29, 0.717) is 0 Å². The molecule has 1 nitrogen and oxygen atoms in total. The molecule has 2 aliphatic rings. The number of benzene rings is 6. The molecule has 1 heterocycles. The summed E-state index contributed by atoms with van der Waals surface area (Å²) < 4.78 is 6.27. The van der Waals surface area contributed by atoms with Crippen molar-refractivity contribution in [3.05, 3.63) is 151 Å². The second-order valence-electron chi connectivity index (χ2n) is 10.4. The fraction of sp³-hybridized carbons (Fsp3) is 0.0526. The van der Waals surface area contributed by atoms with Gasteiger partial charge in [0.2, 0.25) is 0 Å². The molecule has 8 rings (SSSR count). The van der Waals surface area contributed by atoms with Gasteiger partial charge in [0.15, 0.2) is 0 Å². The van der Waals surface area contributed by atoms with Crippen LogP contribution in [0.25, 0.3) is 54.9 Å². The SMILES string of the molecule is C1=CC2Oc3ccc(-c4c5ccccc5c(-c5ccccc5-c5ccccc5)c5ccccc45)cc3C2C=C1. The quantitative estimate of drug-likeness (QED) is 0.221. The first-order valence-corrected chi connectivity index (χ1v) is 13.6. The highest BCUT2D eigenvalue weighted by Gasteiger charge is 2.32. The van der Waals surface area contributed by atoms with Crippen molar-refractivity contribution >= 4 is 21.5 Å². The van der Waals surface area contributed by atoms with Gasteiger partial charge in [-0.25, -0.2) is 0 Å². The summed E-state index contributed by atoms with van der Waals surface area (Å²) >= 11 is 0. The smallest absolute Gasteiger partial charge is 0.128 e. The third kappa shape index (κ3) is 3.47. The topological polar surface area (TPSA) is 9.23 Å². The highest BCUT2D eigenvalue weighted by Crippen LogP contribution is 2.48. The molecule has 0 saturated carbocycles. The van der Waals surface area contributed by atoms with Gasteiger partial charge in [0.05, 0.1) is 0 Å². The van der Waals surface area contributed by atoms with E-state index < -0.39 is 0 Å². The van der Waals surface area contributed by atoms with Gasteiger partial charge in [-0.2, -0.15) is 0 Å². The van der Waals surface area contributed by atoms with E-state index >= 15 is 0 Å². The molecule has 0 aromatic heterocycles. The Kier molecular flexibility index (Phi) is 5.03. The van der Waals surface area contributed by atoms with Crippen molar-refractivity contribution < 1.29 is 4.74 Å². The predicted octanol–water partition coefficient (Wildman–Crippen LogP) is 9.96. The van der Waals surface area contributed by atoms with E-state index in [1.807, 2.05) is 0 Å². The van der Waals surface area contributed by atoms with Crippen LogP contribution in [-0.4, -0.2) is 6.10 Å². The van der Waals surface area contributed by atoms with Crippen LogP contribution in [0, 0.1) is 0 Å². The second kappa shape index (κ2) is 8.85. The molecule has 184 valence electrons. The lowest BCUT2D eigenvalue weighted by Crippen LogP contribution is -2.15. The molecule has 39 heavy (non-hydrogen) atoms. The number of allylic oxidation sites excluding steroid dienone is 2. The van der Waals surface area contributed by atoms with Crippen molar-refractivity contribution in [3.8, 4) is 39.1 Å². The van der Waals surface area contributed by atoms with Crippen molar-refractivity contribution in [1.29, 1.82) is 0 Å². The maximum Gasteiger partial charge on any atom is 0.128 e. The Morgan fingerprint density at radius 3 is 1.77 bits per heavy atom. The number of fused-ring (bicyclic) bond motifs is 5. The number of rotatable bonds is 3. The van der Waals surface area contributed by atoms with E-state index in [4.69, 9.17) is 4.74 Å². The third-order valence-electron chi connectivity index (χ3n) is 8.22. The van der Waals surface area contributed by atoms with Crippen LogP contribution < -0.4 is 4.74 Å². The van der Waals surface area contributed by atoms with Gasteiger partial charge in [-0.1, -0.05) is 127 Å². The molecule has 6 aromatic carbocycles. The van der Waals surface area contributed by atoms with E-state index in [1.165, 1.54) is 60.5 Å². The molecule has 0 saturated heterocycles. The Labute approximate surface area is 228 Å². The number of hydrogen-bond acceptors (Lipinski definition) is 1. The summed E-state index contributed by atoms with van der Waals surface area (Å²) in [7, 11) is 0. The molecule has 6 aromatic rings. The number of hydrogen-bond donors (Lipinski definition) is 0. The molecule has 1 aliphatic heterocycles. The summed E-state index contributed by atoms with van der Waals surface area (Å²) in [6, 6.07) is 44.0. The highest BCUT2D eigenvalue weighted by atomic mass is 16.5. The van der Waals surface area contributed by atoms with E-state index in [0.717, 1.165) is 5.75 Å². The standard InChI is InChI=1S/C38H26O/c1-2-12-25(13-3-1)27-14-4-5-16-29(27)38-32-19-8-6-17-30(32)37(31-18-7-9-20-33(31)38)26-22-23-36-34(24-26)28-15-10-11-21-35(28)39-36/h1-24,28,35H. The van der Waals surface area contributed by atoms with Crippen molar-refractivity contribution in [1.82, 2.24) is 0 Å². The van der Waals surface area contributed by atoms with Crippen LogP contribution >= 0.6 is 0 Å². The fourth-order valence-electron chi connectivity index (χ4n) is 6.50. The van der Waals surface area contributed by atoms with Crippen LogP contribution in [0.5, 0.6) is 5.75 Å². The zero-order chi connectivity index (χ0) is 25.8. The third-order valence-corrected chi connectivity index (χ3v) is 8.22. The zero-order valence-corrected chi connectivity index (χ0v) is 21.4. The lowest BCUT2D eigenvalue weighted by Gasteiger charge is -2.20. The Morgan fingerprint density at radius 2 is 1.05 bits per heavy atom. The molecule has 0 N–H and O–H groups in total. The highest BCUT2D eigenvalue weighted by molar-refractivity contribution is 6.22. The first kappa shape index (κ1) is 22.1. The summed E-state index contributed by atoms with van der Waals surface area (Å²) in [6.07, 6.45) is 8.73. The van der Waals surface area contributed by atoms with Gasteiger partial charge in [-0.15, -0.1) is 0 Å². The minimum absolute atomic E-state index is 0.0885. The zero-order valence-electron chi connectivity index (χ0n) is 21.4. The molecular weight excluding hydrogens is 472 g/mol. The van der Waals surface area contributed by atoms with Crippen LogP contribution in [-0.2, 0) is 0 Å². The summed E-state index contributed by atoms with van der Waals surface area (Å²) in [5.74, 6) is 1.26. The first-order valence-electron chi connectivity index (χ1n) is 13.6. The predicted molar refractivity (Wildman–Crippen MR) is 163 cm³/mol. The maximum atomic E-state index is 6.27. The van der Waals surface area contributed by atoms with E-state index in [1.54, 1.807) is 0 Å². The molecular formula is C38H26O. The average Bonchev–Trinajstić information content (AvgIpc) is 3.38. The van der Waals surface area contributed by atoms with Crippen LogP contribution in [0.15, 0.2) is 146 Å². The number of ether oxygens (including phenoxy) is 1. The normalized spacial score (nSPS) is 17.2. The van der Waals surface area contributed by atoms with Crippen molar-refractivity contribution in [2.75, 3.05) is 0 Å². The Balaban J connectivity index is 1.43. The Morgan fingerprint density at radius 1 is 0.462 bits per heavy atom. The lowest BCUT2D eigenvalue weighted by atomic mass is 9.83. The van der Waals surface area contributed by atoms with Gasteiger partial charge in [-0.05, 0) is 73.1 Å². The second-order valence-corrected chi connectivity index (χ2v) is 10.4. The molecule has 1 heteroatoms. The van der Waals surface area contributed by atoms with Crippen LogP contribution in [0.1, 0.15) is 11.5 Å². The van der Waals surface area contributed by atoms with E-state index in [2.05, 4.69) is 146 Å². The van der Waals surface area contributed by atoms with Crippen LogP contribution in [0.4, 0.5) is 0 Å². The van der Waals surface area contributed by atoms with Gasteiger partial charge in [-0.3, -0.25) is 0 Å². The molecule has 2 unspecified atom stereocenters. The van der Waals surface area contributed by atoms with Gasteiger partial charge in [0.1, 0.15) is 11.9 Å². The molecule has 1 aliphatic carbocycles.